The highest BCUT2D eigenvalue weighted by atomic mass is 16.5. The molecule has 2 aliphatic heterocycles. The van der Waals surface area contributed by atoms with Crippen LogP contribution in [-0.4, -0.2) is 53.9 Å². The largest absolute Gasteiger partial charge is 0.424 e. The maximum absolute atomic E-state index is 5.61. The molecule has 1 unspecified atom stereocenters. The van der Waals surface area contributed by atoms with Crippen molar-refractivity contribution < 1.29 is 9.15 Å². The number of ether oxygens (including phenoxy) is 1. The van der Waals surface area contributed by atoms with E-state index < -0.39 is 0 Å². The normalized spacial score (nSPS) is 20.4. The number of rotatable bonds is 2. The molecule has 3 aromatic rings. The average molecular weight is 350 g/mol. The van der Waals surface area contributed by atoms with Crippen LogP contribution in [0.15, 0.2) is 44.7 Å². The lowest BCUT2D eigenvalue weighted by molar-refractivity contribution is 0.0187. The second-order valence-corrected chi connectivity index (χ2v) is 6.37. The quantitative estimate of drug-likeness (QED) is 0.717. The van der Waals surface area contributed by atoms with Gasteiger partial charge in [0.2, 0.25) is 0 Å². The molecule has 2 aromatic heterocycles. The van der Waals surface area contributed by atoms with Crippen LogP contribution < -0.4 is 16.6 Å². The summed E-state index contributed by atoms with van der Waals surface area (Å²) in [6.45, 7) is 3.93. The third kappa shape index (κ3) is 2.73. The van der Waals surface area contributed by atoms with Crippen molar-refractivity contribution in [2.45, 2.75) is 6.17 Å². The molecule has 4 heterocycles. The number of hydrogen-bond acceptors (Lipinski definition) is 8. The Hall–Kier alpha value is -2.84. The fraction of sp³-hybridized carbons (Fsp3) is 0.333. The molecule has 2 aliphatic rings. The lowest BCUT2D eigenvalue weighted by atomic mass is 10.1. The van der Waals surface area contributed by atoms with Crippen LogP contribution in [0.5, 0.6) is 0 Å². The molecule has 2 N–H and O–H groups in total. The highest BCUT2D eigenvalue weighted by Crippen LogP contribution is 2.23. The van der Waals surface area contributed by atoms with E-state index in [0.29, 0.717) is 23.1 Å². The van der Waals surface area contributed by atoms with Gasteiger partial charge in [0.15, 0.2) is 11.1 Å². The van der Waals surface area contributed by atoms with Crippen molar-refractivity contribution in [1.29, 1.82) is 0 Å². The molecule has 1 fully saturated rings. The van der Waals surface area contributed by atoms with Gasteiger partial charge < -0.3 is 14.9 Å². The zero-order valence-electron chi connectivity index (χ0n) is 14.1. The van der Waals surface area contributed by atoms with Gasteiger partial charge in [-0.15, -0.1) is 0 Å². The Kier molecular flexibility index (Phi) is 3.65. The third-order valence-electron chi connectivity index (χ3n) is 4.71. The topological polar surface area (TPSA) is 102 Å². The van der Waals surface area contributed by atoms with E-state index in [1.807, 2.05) is 30.3 Å². The van der Waals surface area contributed by atoms with E-state index in [1.165, 1.54) is 0 Å². The summed E-state index contributed by atoms with van der Waals surface area (Å²) in [6, 6.07) is 9.82. The Labute approximate surface area is 149 Å². The summed E-state index contributed by atoms with van der Waals surface area (Å²) in [7, 11) is 0. The first-order valence-corrected chi connectivity index (χ1v) is 8.64. The molecule has 0 saturated carbocycles. The molecule has 8 nitrogen and oxygen atoms in total. The second kappa shape index (κ2) is 6.15. The molecule has 1 aromatic carbocycles. The van der Waals surface area contributed by atoms with Gasteiger partial charge in [-0.05, 0) is 30.3 Å². The summed E-state index contributed by atoms with van der Waals surface area (Å²) in [5.41, 5.74) is 9.45. The summed E-state index contributed by atoms with van der Waals surface area (Å²) in [4.78, 5) is 20.7. The van der Waals surface area contributed by atoms with Crippen molar-refractivity contribution in [1.82, 2.24) is 14.9 Å². The molecule has 26 heavy (non-hydrogen) atoms. The van der Waals surface area contributed by atoms with Crippen LogP contribution in [-0.2, 0) is 4.74 Å². The predicted molar refractivity (Wildman–Crippen MR) is 95.0 cm³/mol. The van der Waals surface area contributed by atoms with E-state index in [4.69, 9.17) is 19.9 Å². The van der Waals surface area contributed by atoms with Crippen LogP contribution in [0, 0.1) is 0 Å². The van der Waals surface area contributed by atoms with Gasteiger partial charge in [0.1, 0.15) is 17.0 Å². The van der Waals surface area contributed by atoms with Crippen LogP contribution in [0.1, 0.15) is 0 Å². The highest BCUT2D eigenvalue weighted by Gasteiger charge is 2.21. The van der Waals surface area contributed by atoms with Crippen molar-refractivity contribution in [3.05, 3.63) is 41.2 Å². The summed E-state index contributed by atoms with van der Waals surface area (Å²) >= 11 is 0. The van der Waals surface area contributed by atoms with Crippen molar-refractivity contribution in [3.8, 4) is 11.3 Å². The Morgan fingerprint density at radius 1 is 1.08 bits per heavy atom. The van der Waals surface area contributed by atoms with Crippen molar-refractivity contribution in [2.24, 2.45) is 9.98 Å². The molecule has 0 bridgehead atoms. The first-order chi connectivity index (χ1) is 12.8. The molecular weight excluding hydrogens is 332 g/mol. The van der Waals surface area contributed by atoms with Crippen LogP contribution >= 0.6 is 0 Å². The van der Waals surface area contributed by atoms with Gasteiger partial charge in [-0.1, -0.05) is 0 Å². The molecule has 0 amide bonds. The number of hydrogen-bond donors (Lipinski definition) is 1. The molecular formula is C18H18N6O2. The lowest BCUT2D eigenvalue weighted by Gasteiger charge is -2.31. The minimum atomic E-state index is 0.0773. The first kappa shape index (κ1) is 15.4. The van der Waals surface area contributed by atoms with Crippen LogP contribution in [0.4, 0.5) is 6.01 Å². The maximum atomic E-state index is 5.61. The van der Waals surface area contributed by atoms with Gasteiger partial charge in [-0.3, -0.25) is 14.9 Å². The molecule has 8 heteroatoms. The van der Waals surface area contributed by atoms with Crippen molar-refractivity contribution >= 4 is 17.1 Å². The fourth-order valence-electron chi connectivity index (χ4n) is 3.37. The van der Waals surface area contributed by atoms with Gasteiger partial charge in [0.05, 0.1) is 25.5 Å². The molecule has 132 valence electrons. The summed E-state index contributed by atoms with van der Waals surface area (Å²) in [6.07, 6.45) is 0.0773. The molecule has 0 spiro atoms. The number of nitrogen functional groups attached to an aromatic ring is 1. The number of aromatic nitrogens is 2. The number of pyridine rings is 1. The third-order valence-corrected chi connectivity index (χ3v) is 4.71. The van der Waals surface area contributed by atoms with E-state index in [1.54, 1.807) is 0 Å². The van der Waals surface area contributed by atoms with Gasteiger partial charge in [-0.2, -0.15) is 4.98 Å². The fourth-order valence-corrected chi connectivity index (χ4v) is 3.37. The lowest BCUT2D eigenvalue weighted by Crippen LogP contribution is -2.48. The number of nitrogens with zero attached hydrogens (tertiary/aromatic N) is 5. The van der Waals surface area contributed by atoms with Gasteiger partial charge in [0, 0.05) is 18.7 Å². The molecule has 1 saturated heterocycles. The average Bonchev–Trinajstić information content (AvgIpc) is 3.07. The number of nitrogens with two attached hydrogens (primary N) is 1. The number of oxazole rings is 1. The first-order valence-electron chi connectivity index (χ1n) is 8.64. The Morgan fingerprint density at radius 2 is 1.96 bits per heavy atom. The van der Waals surface area contributed by atoms with E-state index in [9.17, 15) is 0 Å². The summed E-state index contributed by atoms with van der Waals surface area (Å²) < 4.78 is 10.7. The molecule has 1 atom stereocenters. The monoisotopic (exact) mass is 350 g/mol. The van der Waals surface area contributed by atoms with Crippen LogP contribution in [0.3, 0.4) is 0 Å². The minimum absolute atomic E-state index is 0.0773. The zero-order valence-corrected chi connectivity index (χ0v) is 14.1. The van der Waals surface area contributed by atoms with Gasteiger partial charge in [0.25, 0.3) is 6.01 Å². The highest BCUT2D eigenvalue weighted by molar-refractivity contribution is 5.80. The minimum Gasteiger partial charge on any atom is -0.424 e. The number of fused-ring (bicyclic) bond motifs is 2. The van der Waals surface area contributed by atoms with E-state index in [2.05, 4.69) is 19.9 Å². The number of morpholine rings is 1. The second-order valence-electron chi connectivity index (χ2n) is 6.37. The molecule has 5 rings (SSSR count). The van der Waals surface area contributed by atoms with Crippen LogP contribution in [0.25, 0.3) is 22.4 Å². The van der Waals surface area contributed by atoms with Crippen LogP contribution in [0.2, 0.25) is 0 Å². The Bertz CT molecular complexity index is 1090. The predicted octanol–water partition coefficient (Wildman–Crippen LogP) is 0.383. The van der Waals surface area contributed by atoms with E-state index in [-0.39, 0.29) is 12.2 Å². The number of anilines is 1. The number of benzene rings is 1. The smallest absolute Gasteiger partial charge is 0.292 e. The summed E-state index contributed by atoms with van der Waals surface area (Å²) in [5.74, 6) is 0. The molecule has 0 radical (unpaired) electrons. The van der Waals surface area contributed by atoms with E-state index in [0.717, 1.165) is 42.9 Å². The van der Waals surface area contributed by atoms with Gasteiger partial charge in [-0.25, -0.2) is 4.98 Å². The van der Waals surface area contributed by atoms with Gasteiger partial charge >= 0.3 is 0 Å². The Balaban J connectivity index is 1.49. The van der Waals surface area contributed by atoms with Crippen molar-refractivity contribution in [2.75, 3.05) is 38.6 Å². The molecule has 0 aliphatic carbocycles. The van der Waals surface area contributed by atoms with Crippen molar-refractivity contribution in [3.63, 3.8) is 0 Å². The summed E-state index contributed by atoms with van der Waals surface area (Å²) in [5, 5.41) is 0.836. The Morgan fingerprint density at radius 3 is 2.85 bits per heavy atom. The maximum Gasteiger partial charge on any atom is 0.292 e. The van der Waals surface area contributed by atoms with E-state index >= 15 is 0 Å². The zero-order chi connectivity index (χ0) is 17.5. The SMILES string of the molecule is Nc1nc2cc(-c3ccc4c(n3)=NCC(N3CCOCC3)N=4)ccc2o1. The standard InChI is InChI=1S/C18H18N6O2/c19-18-23-14-9-11(1-4-15(14)26-18)12-2-3-13-17(22-12)20-10-16(21-13)24-5-7-25-8-6-24/h1-4,9,16H,5-8,10H2,(H2,19,23).